The molecule has 2 aromatic carbocycles. The molecule has 0 fully saturated rings. The first-order chi connectivity index (χ1) is 7.68. The molecule has 0 radical (unpaired) electrons. The van der Waals surface area contributed by atoms with E-state index in [1.54, 1.807) is 6.07 Å². The molecule has 84 valence electrons. The SMILES string of the molecule is C[C@H](N)CCc1c(O)ccc2ccccc12. The van der Waals surface area contributed by atoms with Crippen molar-refractivity contribution in [2.45, 2.75) is 25.8 Å². The van der Waals surface area contributed by atoms with Gasteiger partial charge in [-0.25, -0.2) is 0 Å². The number of aromatic hydroxyl groups is 1. The van der Waals surface area contributed by atoms with E-state index in [0.717, 1.165) is 23.8 Å². The molecule has 0 saturated heterocycles. The molecule has 2 nitrogen and oxygen atoms in total. The maximum Gasteiger partial charge on any atom is 0.119 e. The zero-order valence-electron chi connectivity index (χ0n) is 9.48. The van der Waals surface area contributed by atoms with Crippen molar-refractivity contribution < 1.29 is 5.11 Å². The van der Waals surface area contributed by atoms with E-state index in [1.165, 1.54) is 5.39 Å². The number of benzene rings is 2. The summed E-state index contributed by atoms with van der Waals surface area (Å²) in [5.74, 6) is 0.374. The third-order valence-corrected chi connectivity index (χ3v) is 2.87. The lowest BCUT2D eigenvalue weighted by molar-refractivity contribution is 0.467. The summed E-state index contributed by atoms with van der Waals surface area (Å²) < 4.78 is 0. The highest BCUT2D eigenvalue weighted by Gasteiger charge is 2.07. The van der Waals surface area contributed by atoms with Gasteiger partial charge in [0.05, 0.1) is 0 Å². The standard InChI is InChI=1S/C14H17NO/c1-10(15)6-8-13-12-5-3-2-4-11(12)7-9-14(13)16/h2-5,7,9-10,16H,6,8,15H2,1H3/t10-/m0/s1. The quantitative estimate of drug-likeness (QED) is 0.827. The molecule has 0 aliphatic rings. The van der Waals surface area contributed by atoms with Crippen molar-refractivity contribution in [1.29, 1.82) is 0 Å². The average Bonchev–Trinajstić information content (AvgIpc) is 2.27. The van der Waals surface area contributed by atoms with Gasteiger partial charge < -0.3 is 10.8 Å². The highest BCUT2D eigenvalue weighted by atomic mass is 16.3. The zero-order valence-corrected chi connectivity index (χ0v) is 9.48. The minimum absolute atomic E-state index is 0.165. The Morgan fingerprint density at radius 1 is 1.19 bits per heavy atom. The lowest BCUT2D eigenvalue weighted by Crippen LogP contribution is -2.15. The molecule has 0 aromatic heterocycles. The molecule has 0 heterocycles. The van der Waals surface area contributed by atoms with Gasteiger partial charge >= 0.3 is 0 Å². The molecule has 0 aliphatic carbocycles. The number of phenolic OH excluding ortho intramolecular Hbond substituents is 1. The van der Waals surface area contributed by atoms with Crippen LogP contribution in [0.2, 0.25) is 0 Å². The predicted octanol–water partition coefficient (Wildman–Crippen LogP) is 2.83. The van der Waals surface area contributed by atoms with Gasteiger partial charge in [0.1, 0.15) is 5.75 Å². The van der Waals surface area contributed by atoms with Crippen LogP contribution in [0, 0.1) is 0 Å². The second-order valence-electron chi connectivity index (χ2n) is 4.30. The third-order valence-electron chi connectivity index (χ3n) is 2.87. The molecule has 2 aromatic rings. The van der Waals surface area contributed by atoms with Gasteiger partial charge in [-0.1, -0.05) is 30.3 Å². The van der Waals surface area contributed by atoms with Crippen LogP contribution in [0.3, 0.4) is 0 Å². The van der Waals surface area contributed by atoms with Crippen LogP contribution in [0.5, 0.6) is 5.75 Å². The Kier molecular flexibility index (Phi) is 3.11. The molecule has 0 aliphatic heterocycles. The van der Waals surface area contributed by atoms with Crippen molar-refractivity contribution in [3.05, 3.63) is 42.0 Å². The highest BCUT2D eigenvalue weighted by Crippen LogP contribution is 2.28. The predicted molar refractivity (Wildman–Crippen MR) is 67.6 cm³/mol. The largest absolute Gasteiger partial charge is 0.508 e. The van der Waals surface area contributed by atoms with E-state index in [2.05, 4.69) is 6.07 Å². The van der Waals surface area contributed by atoms with E-state index in [1.807, 2.05) is 31.2 Å². The van der Waals surface area contributed by atoms with Gasteiger partial charge in [0, 0.05) is 11.6 Å². The summed E-state index contributed by atoms with van der Waals surface area (Å²) in [6, 6.07) is 12.0. The molecule has 2 heteroatoms. The normalized spacial score (nSPS) is 12.9. The van der Waals surface area contributed by atoms with Crippen LogP contribution in [0.1, 0.15) is 18.9 Å². The van der Waals surface area contributed by atoms with Crippen molar-refractivity contribution in [3.63, 3.8) is 0 Å². The first-order valence-electron chi connectivity index (χ1n) is 5.63. The summed E-state index contributed by atoms with van der Waals surface area (Å²) in [5.41, 5.74) is 6.76. The Morgan fingerprint density at radius 2 is 1.94 bits per heavy atom. The van der Waals surface area contributed by atoms with E-state index in [4.69, 9.17) is 5.73 Å². The second-order valence-corrected chi connectivity index (χ2v) is 4.30. The fourth-order valence-corrected chi connectivity index (χ4v) is 1.96. The van der Waals surface area contributed by atoms with E-state index < -0.39 is 0 Å². The van der Waals surface area contributed by atoms with Crippen molar-refractivity contribution in [3.8, 4) is 5.75 Å². The second kappa shape index (κ2) is 4.54. The molecule has 0 unspecified atom stereocenters. The Bertz CT molecular complexity index is 491. The first kappa shape index (κ1) is 11.0. The molecule has 16 heavy (non-hydrogen) atoms. The van der Waals surface area contributed by atoms with Crippen LogP contribution < -0.4 is 5.73 Å². The molecule has 0 saturated carbocycles. The first-order valence-corrected chi connectivity index (χ1v) is 5.63. The van der Waals surface area contributed by atoms with Gasteiger partial charge in [0.15, 0.2) is 0 Å². The minimum Gasteiger partial charge on any atom is -0.508 e. The number of aryl methyl sites for hydroxylation is 1. The third kappa shape index (κ3) is 2.17. The summed E-state index contributed by atoms with van der Waals surface area (Å²) in [6.45, 7) is 1.99. The van der Waals surface area contributed by atoms with Crippen molar-refractivity contribution >= 4 is 10.8 Å². The fraction of sp³-hybridized carbons (Fsp3) is 0.286. The number of hydrogen-bond donors (Lipinski definition) is 2. The Hall–Kier alpha value is -1.54. The van der Waals surface area contributed by atoms with Crippen LogP contribution in [-0.4, -0.2) is 11.1 Å². The van der Waals surface area contributed by atoms with E-state index in [0.29, 0.717) is 5.75 Å². The topological polar surface area (TPSA) is 46.2 Å². The maximum atomic E-state index is 9.88. The number of nitrogens with two attached hydrogens (primary N) is 1. The van der Waals surface area contributed by atoms with Gasteiger partial charge in [-0.3, -0.25) is 0 Å². The highest BCUT2D eigenvalue weighted by molar-refractivity contribution is 5.87. The Labute approximate surface area is 95.7 Å². The van der Waals surface area contributed by atoms with Crippen LogP contribution in [0.25, 0.3) is 10.8 Å². The molecule has 3 N–H and O–H groups in total. The summed E-state index contributed by atoms with van der Waals surface area (Å²) in [7, 11) is 0. The fourth-order valence-electron chi connectivity index (χ4n) is 1.96. The van der Waals surface area contributed by atoms with Gasteiger partial charge in [-0.2, -0.15) is 0 Å². The van der Waals surface area contributed by atoms with Crippen molar-refractivity contribution in [2.75, 3.05) is 0 Å². The van der Waals surface area contributed by atoms with Gasteiger partial charge in [0.2, 0.25) is 0 Å². The Balaban J connectivity index is 2.44. The molecule has 2 rings (SSSR count). The molecule has 0 bridgehead atoms. The summed E-state index contributed by atoms with van der Waals surface area (Å²) in [4.78, 5) is 0. The van der Waals surface area contributed by atoms with E-state index in [9.17, 15) is 5.11 Å². The Morgan fingerprint density at radius 3 is 2.69 bits per heavy atom. The summed E-state index contributed by atoms with van der Waals surface area (Å²) >= 11 is 0. The molecule has 0 spiro atoms. The number of hydrogen-bond acceptors (Lipinski definition) is 2. The zero-order chi connectivity index (χ0) is 11.5. The summed E-state index contributed by atoms with van der Waals surface area (Å²) in [6.07, 6.45) is 1.71. The van der Waals surface area contributed by atoms with Crippen LogP contribution in [0.4, 0.5) is 0 Å². The van der Waals surface area contributed by atoms with Crippen LogP contribution in [-0.2, 0) is 6.42 Å². The minimum atomic E-state index is 0.165. The van der Waals surface area contributed by atoms with Gasteiger partial charge in [0.25, 0.3) is 0 Å². The van der Waals surface area contributed by atoms with Crippen LogP contribution in [0.15, 0.2) is 36.4 Å². The van der Waals surface area contributed by atoms with Crippen molar-refractivity contribution in [1.82, 2.24) is 0 Å². The molecular weight excluding hydrogens is 198 g/mol. The van der Waals surface area contributed by atoms with E-state index >= 15 is 0 Å². The monoisotopic (exact) mass is 215 g/mol. The molecule has 1 atom stereocenters. The number of fused-ring (bicyclic) bond motifs is 1. The smallest absolute Gasteiger partial charge is 0.119 e. The van der Waals surface area contributed by atoms with Gasteiger partial charge in [-0.05, 0) is 36.6 Å². The van der Waals surface area contributed by atoms with Crippen LogP contribution >= 0.6 is 0 Å². The molecular formula is C14H17NO. The van der Waals surface area contributed by atoms with Gasteiger partial charge in [-0.15, -0.1) is 0 Å². The molecule has 0 amide bonds. The lowest BCUT2D eigenvalue weighted by Gasteiger charge is -2.10. The summed E-state index contributed by atoms with van der Waals surface area (Å²) in [5, 5.41) is 12.2. The number of phenols is 1. The van der Waals surface area contributed by atoms with Crippen molar-refractivity contribution in [2.24, 2.45) is 5.73 Å². The maximum absolute atomic E-state index is 9.88. The average molecular weight is 215 g/mol. The lowest BCUT2D eigenvalue weighted by atomic mass is 9.98. The van der Waals surface area contributed by atoms with E-state index in [-0.39, 0.29) is 6.04 Å². The number of rotatable bonds is 3.